The number of hydrogen-bond acceptors (Lipinski definition) is 5. The molecule has 0 bridgehead atoms. The Hall–Kier alpha value is -1.42. The molecule has 0 fully saturated rings. The maximum absolute atomic E-state index is 13.0. The molecule has 0 spiro atoms. The zero-order chi connectivity index (χ0) is 16.0. The molecule has 1 aromatic heterocycles. The lowest BCUT2D eigenvalue weighted by atomic mass is 10.1. The number of carbonyl (C=O) groups excluding carboxylic acids is 1. The maximum Gasteiger partial charge on any atom is 0.277 e. The lowest BCUT2D eigenvalue weighted by molar-refractivity contribution is 0.0118. The predicted octanol–water partition coefficient (Wildman–Crippen LogP) is 2.26. The second-order valence-corrected chi connectivity index (χ2v) is 5.48. The van der Waals surface area contributed by atoms with Crippen molar-refractivity contribution in [1.29, 1.82) is 0 Å². The van der Waals surface area contributed by atoms with Crippen molar-refractivity contribution in [2.75, 3.05) is 13.1 Å². The molecule has 11 heteroatoms. The van der Waals surface area contributed by atoms with Crippen molar-refractivity contribution in [3.8, 4) is 0 Å². The van der Waals surface area contributed by atoms with Crippen LogP contribution in [-0.4, -0.2) is 40.1 Å². The van der Waals surface area contributed by atoms with E-state index < -0.39 is 24.9 Å². The van der Waals surface area contributed by atoms with Crippen LogP contribution in [0.25, 0.3) is 0 Å². The maximum atomic E-state index is 13.0. The second-order valence-electron chi connectivity index (χ2n) is 4.52. The van der Waals surface area contributed by atoms with Crippen molar-refractivity contribution in [3.05, 3.63) is 41.7 Å². The minimum atomic E-state index is -3.09. The van der Waals surface area contributed by atoms with Crippen molar-refractivity contribution in [2.24, 2.45) is 5.73 Å². The van der Waals surface area contributed by atoms with Gasteiger partial charge in [-0.25, -0.2) is 13.8 Å². The Bertz CT molecular complexity index is 613. The lowest BCUT2D eigenvalue weighted by Gasteiger charge is -2.14. The number of alkyl halides is 2. The molecule has 0 unspecified atom stereocenters. The fourth-order valence-electron chi connectivity index (χ4n) is 1.55. The van der Waals surface area contributed by atoms with Gasteiger partial charge < -0.3 is 11.1 Å². The summed E-state index contributed by atoms with van der Waals surface area (Å²) in [5.41, 5.74) is 6.21. The summed E-state index contributed by atoms with van der Waals surface area (Å²) < 4.78 is 25.9. The fourth-order valence-corrected chi connectivity index (χ4v) is 2.29. The Balaban J connectivity index is 0.00000264. The van der Waals surface area contributed by atoms with Gasteiger partial charge in [-0.1, -0.05) is 23.9 Å². The van der Waals surface area contributed by atoms with E-state index in [4.69, 9.17) is 5.73 Å². The van der Waals surface area contributed by atoms with Crippen molar-refractivity contribution in [1.82, 2.24) is 20.5 Å². The van der Waals surface area contributed by atoms with Gasteiger partial charge in [-0.15, -0.1) is 24.8 Å². The summed E-state index contributed by atoms with van der Waals surface area (Å²) >= 11 is 1.47. The first kappa shape index (κ1) is 22.6. The number of hydrogen-bond donors (Lipinski definition) is 3. The highest BCUT2D eigenvalue weighted by Crippen LogP contribution is 2.18. The number of carbonyl (C=O) groups is 1. The molecule has 0 saturated heterocycles. The molecule has 0 atom stereocenters. The van der Waals surface area contributed by atoms with E-state index in [0.29, 0.717) is 16.5 Å². The molecule has 0 saturated carbocycles. The molecule has 0 aliphatic rings. The van der Waals surface area contributed by atoms with Crippen LogP contribution in [0, 0.1) is 0 Å². The average Bonchev–Trinajstić information content (AvgIpc) is 3.05. The molecule has 0 radical (unpaired) electrons. The Kier molecular flexibility index (Phi) is 9.83. The van der Waals surface area contributed by atoms with Gasteiger partial charge in [0.1, 0.15) is 6.33 Å². The van der Waals surface area contributed by atoms with Gasteiger partial charge in [0.25, 0.3) is 11.8 Å². The molecule has 6 nitrogen and oxygen atoms in total. The number of rotatable bonds is 7. The normalized spacial score (nSPS) is 10.5. The zero-order valence-electron chi connectivity index (χ0n) is 12.4. The number of nitrogens with zero attached hydrogens (tertiary/aromatic N) is 2. The molecule has 1 aromatic carbocycles. The molecular formula is C13H17Cl2F2N5OS. The minimum Gasteiger partial charge on any atom is -0.346 e. The molecule has 1 amide bonds. The van der Waals surface area contributed by atoms with Gasteiger partial charge in [0.15, 0.2) is 5.16 Å². The highest BCUT2D eigenvalue weighted by molar-refractivity contribution is 7.98. The minimum absolute atomic E-state index is 0. The topological polar surface area (TPSA) is 96.7 Å². The van der Waals surface area contributed by atoms with Gasteiger partial charge in [0, 0.05) is 11.3 Å². The van der Waals surface area contributed by atoms with E-state index in [1.807, 2.05) is 0 Å². The molecule has 0 aliphatic carbocycles. The number of aromatic amines is 1. The van der Waals surface area contributed by atoms with Crippen molar-refractivity contribution >= 4 is 42.5 Å². The van der Waals surface area contributed by atoms with Crippen LogP contribution >= 0.6 is 36.6 Å². The van der Waals surface area contributed by atoms with Crippen LogP contribution in [0.3, 0.4) is 0 Å². The summed E-state index contributed by atoms with van der Waals surface area (Å²) in [6, 6.07) is 6.71. The van der Waals surface area contributed by atoms with Crippen LogP contribution in [0.4, 0.5) is 8.78 Å². The molecule has 134 valence electrons. The number of aromatic nitrogens is 3. The number of nitrogens with one attached hydrogen (secondary N) is 2. The second kappa shape index (κ2) is 10.4. The Labute approximate surface area is 154 Å². The molecular weight excluding hydrogens is 383 g/mol. The standard InChI is InChI=1S/C13H15F2N5OS.2ClH/c14-13(15,6-16)7-17-11(21)10-3-1-9(2-4-10)5-22-12-18-8-19-20-12;;/h1-4,8H,5-7,16H2,(H,17,21)(H,18,19,20);2*1H. The summed E-state index contributed by atoms with van der Waals surface area (Å²) in [4.78, 5) is 15.7. The van der Waals surface area contributed by atoms with Gasteiger partial charge in [0.2, 0.25) is 0 Å². The van der Waals surface area contributed by atoms with E-state index in [0.717, 1.165) is 5.56 Å². The smallest absolute Gasteiger partial charge is 0.277 e. The first-order valence-corrected chi connectivity index (χ1v) is 7.42. The summed E-state index contributed by atoms with van der Waals surface area (Å²) in [7, 11) is 0. The van der Waals surface area contributed by atoms with Crippen LogP contribution < -0.4 is 11.1 Å². The summed E-state index contributed by atoms with van der Waals surface area (Å²) in [6.07, 6.45) is 1.42. The number of H-pyrrole nitrogens is 1. The molecule has 2 rings (SSSR count). The zero-order valence-corrected chi connectivity index (χ0v) is 14.8. The molecule has 4 N–H and O–H groups in total. The van der Waals surface area contributed by atoms with E-state index in [1.165, 1.54) is 18.1 Å². The monoisotopic (exact) mass is 399 g/mol. The van der Waals surface area contributed by atoms with Crippen LogP contribution in [0.1, 0.15) is 15.9 Å². The summed E-state index contributed by atoms with van der Waals surface area (Å²) in [6.45, 7) is -1.57. The highest BCUT2D eigenvalue weighted by Gasteiger charge is 2.27. The highest BCUT2D eigenvalue weighted by atomic mass is 35.5. The van der Waals surface area contributed by atoms with Gasteiger partial charge in [0.05, 0.1) is 13.1 Å². The van der Waals surface area contributed by atoms with Crippen LogP contribution in [0.15, 0.2) is 35.7 Å². The predicted molar refractivity (Wildman–Crippen MR) is 93.2 cm³/mol. The van der Waals surface area contributed by atoms with Gasteiger partial charge in [-0.2, -0.15) is 5.10 Å². The summed E-state index contributed by atoms with van der Waals surface area (Å²) in [5.74, 6) is -2.99. The first-order chi connectivity index (χ1) is 10.5. The Morgan fingerprint density at radius 1 is 1.29 bits per heavy atom. The van der Waals surface area contributed by atoms with E-state index in [1.54, 1.807) is 24.3 Å². The van der Waals surface area contributed by atoms with E-state index in [9.17, 15) is 13.6 Å². The average molecular weight is 400 g/mol. The molecule has 2 aromatic rings. The molecule has 1 heterocycles. The number of benzene rings is 1. The van der Waals surface area contributed by atoms with E-state index >= 15 is 0 Å². The number of amides is 1. The first-order valence-electron chi connectivity index (χ1n) is 6.43. The largest absolute Gasteiger partial charge is 0.346 e. The van der Waals surface area contributed by atoms with E-state index in [2.05, 4.69) is 20.5 Å². The van der Waals surface area contributed by atoms with Crippen LogP contribution in [-0.2, 0) is 5.75 Å². The van der Waals surface area contributed by atoms with Gasteiger partial charge in [-0.05, 0) is 17.7 Å². The van der Waals surface area contributed by atoms with Crippen molar-refractivity contribution in [3.63, 3.8) is 0 Å². The third-order valence-electron chi connectivity index (χ3n) is 2.79. The van der Waals surface area contributed by atoms with Crippen LogP contribution in [0.5, 0.6) is 0 Å². The fraction of sp³-hybridized carbons (Fsp3) is 0.308. The van der Waals surface area contributed by atoms with E-state index in [-0.39, 0.29) is 24.8 Å². The van der Waals surface area contributed by atoms with Gasteiger partial charge in [-0.3, -0.25) is 9.89 Å². The Morgan fingerprint density at radius 2 is 1.96 bits per heavy atom. The number of nitrogens with two attached hydrogens (primary N) is 1. The van der Waals surface area contributed by atoms with Gasteiger partial charge >= 0.3 is 0 Å². The quantitative estimate of drug-likeness (QED) is 0.620. The summed E-state index contributed by atoms with van der Waals surface area (Å²) in [5, 5.41) is 9.34. The number of halogens is 4. The molecule has 24 heavy (non-hydrogen) atoms. The van der Waals surface area contributed by atoms with Crippen molar-refractivity contribution in [2.45, 2.75) is 16.8 Å². The number of thioether (sulfide) groups is 1. The SMILES string of the molecule is Cl.Cl.NCC(F)(F)CNC(=O)c1ccc(CSc2ncn[nH]2)cc1. The lowest BCUT2D eigenvalue weighted by Crippen LogP contribution is -2.41. The van der Waals surface area contributed by atoms with Crippen molar-refractivity contribution < 1.29 is 13.6 Å². The molecule has 0 aliphatic heterocycles. The van der Waals surface area contributed by atoms with Crippen LogP contribution in [0.2, 0.25) is 0 Å². The third kappa shape index (κ3) is 7.00. The Morgan fingerprint density at radius 3 is 2.50 bits per heavy atom. The third-order valence-corrected chi connectivity index (χ3v) is 3.74.